The maximum Gasteiger partial charge on any atom is 0.271 e. The Morgan fingerprint density at radius 3 is 2.38 bits per heavy atom. The minimum atomic E-state index is -0.363. The van der Waals surface area contributed by atoms with Crippen LogP contribution in [0.15, 0.2) is 47.6 Å². The van der Waals surface area contributed by atoms with Crippen LogP contribution in [0.25, 0.3) is 0 Å². The van der Waals surface area contributed by atoms with E-state index >= 15 is 0 Å². The Bertz CT molecular complexity index is 879. The molecule has 0 saturated carbocycles. The van der Waals surface area contributed by atoms with E-state index in [1.54, 1.807) is 45.4 Å². The quantitative estimate of drug-likeness (QED) is 0.340. The van der Waals surface area contributed by atoms with Crippen LogP contribution >= 0.6 is 0 Å². The molecule has 0 aliphatic carbocycles. The van der Waals surface area contributed by atoms with Crippen LogP contribution in [0.3, 0.4) is 0 Å². The Morgan fingerprint density at radius 2 is 1.72 bits per heavy atom. The van der Waals surface area contributed by atoms with Crippen LogP contribution in [-0.2, 0) is 11.2 Å². The molecule has 0 heterocycles. The third-order valence-corrected chi connectivity index (χ3v) is 4.12. The lowest BCUT2D eigenvalue weighted by Crippen LogP contribution is -2.28. The van der Waals surface area contributed by atoms with E-state index in [-0.39, 0.29) is 18.2 Å². The summed E-state index contributed by atoms with van der Waals surface area (Å²) in [5.41, 5.74) is 10.6. The number of ether oxygens (including phenoxy) is 2. The summed E-state index contributed by atoms with van der Waals surface area (Å²) in [5.74, 6) is 0.774. The van der Waals surface area contributed by atoms with Crippen molar-refractivity contribution in [3.8, 4) is 11.5 Å². The molecule has 2 amide bonds. The second-order valence-corrected chi connectivity index (χ2v) is 6.38. The number of carbonyl (C=O) groups is 2. The number of carbonyl (C=O) groups excluding carboxylic acids is 2. The van der Waals surface area contributed by atoms with Gasteiger partial charge in [-0.15, -0.1) is 0 Å². The molecule has 0 aliphatic heterocycles. The molecular weight excluding hydrogens is 372 g/mol. The number of rotatable bonds is 9. The van der Waals surface area contributed by atoms with E-state index in [4.69, 9.17) is 15.2 Å². The summed E-state index contributed by atoms with van der Waals surface area (Å²) in [6, 6.07) is 12.1. The number of nitrogens with two attached hydrogens (primary N) is 1. The van der Waals surface area contributed by atoms with Crippen molar-refractivity contribution in [3.05, 3.63) is 53.6 Å². The van der Waals surface area contributed by atoms with Crippen LogP contribution in [-0.4, -0.2) is 38.3 Å². The van der Waals surface area contributed by atoms with E-state index in [9.17, 15) is 9.59 Å². The van der Waals surface area contributed by atoms with Crippen LogP contribution in [0.4, 0.5) is 5.69 Å². The summed E-state index contributed by atoms with van der Waals surface area (Å²) in [6.45, 7) is 2.15. The number of anilines is 1. The molecule has 0 atom stereocenters. The third kappa shape index (κ3) is 6.84. The second kappa shape index (κ2) is 10.7. The number of nitrogen functional groups attached to an aromatic ring is 1. The average molecular weight is 398 g/mol. The first kappa shape index (κ1) is 21.7. The zero-order valence-corrected chi connectivity index (χ0v) is 16.8. The normalized spacial score (nSPS) is 10.9. The molecule has 0 aromatic heterocycles. The molecule has 0 saturated heterocycles. The lowest BCUT2D eigenvalue weighted by atomic mass is 10.1. The van der Waals surface area contributed by atoms with Gasteiger partial charge in [0.2, 0.25) is 5.91 Å². The van der Waals surface area contributed by atoms with Crippen molar-refractivity contribution in [2.45, 2.75) is 19.8 Å². The van der Waals surface area contributed by atoms with E-state index < -0.39 is 0 Å². The smallest absolute Gasteiger partial charge is 0.271 e. The van der Waals surface area contributed by atoms with Crippen molar-refractivity contribution in [2.75, 3.05) is 26.5 Å². The zero-order valence-electron chi connectivity index (χ0n) is 16.8. The highest BCUT2D eigenvalue weighted by molar-refractivity contribution is 6.01. The Kier molecular flexibility index (Phi) is 8.02. The Hall–Kier alpha value is -3.55. The summed E-state index contributed by atoms with van der Waals surface area (Å²) in [4.78, 5) is 24.1. The van der Waals surface area contributed by atoms with Gasteiger partial charge in [-0.2, -0.15) is 5.10 Å². The second-order valence-electron chi connectivity index (χ2n) is 6.38. The Balaban J connectivity index is 1.77. The number of methoxy groups -OCH3 is 2. The van der Waals surface area contributed by atoms with Crippen LogP contribution in [0.1, 0.15) is 29.3 Å². The van der Waals surface area contributed by atoms with E-state index in [1.807, 2.05) is 18.2 Å². The minimum Gasteiger partial charge on any atom is -0.493 e. The number of amides is 2. The first-order valence-corrected chi connectivity index (χ1v) is 9.09. The summed E-state index contributed by atoms with van der Waals surface area (Å²) in [7, 11) is 3.16. The monoisotopic (exact) mass is 398 g/mol. The molecule has 0 aliphatic rings. The van der Waals surface area contributed by atoms with Crippen LogP contribution < -0.4 is 25.9 Å². The number of benzene rings is 2. The van der Waals surface area contributed by atoms with E-state index in [2.05, 4.69) is 15.8 Å². The SMILES string of the molecule is COc1ccc(CCNC(=O)C/C(C)=N/NC(=O)c2ccc(N)cc2)cc1OC. The lowest BCUT2D eigenvalue weighted by molar-refractivity contribution is -0.119. The molecule has 2 aromatic rings. The summed E-state index contributed by atoms with van der Waals surface area (Å²) < 4.78 is 10.5. The first-order valence-electron chi connectivity index (χ1n) is 9.09. The topological polar surface area (TPSA) is 115 Å². The van der Waals surface area contributed by atoms with Gasteiger partial charge in [0.25, 0.3) is 5.91 Å². The average Bonchev–Trinajstić information content (AvgIpc) is 2.72. The standard InChI is InChI=1S/C21H26N4O4/c1-14(24-25-21(27)16-5-7-17(22)8-6-16)12-20(26)23-11-10-15-4-9-18(28-2)19(13-15)29-3/h4-9,13H,10-12,22H2,1-3H3,(H,23,26)(H,25,27)/b24-14+. The number of nitrogens with zero attached hydrogens (tertiary/aromatic N) is 1. The van der Waals surface area contributed by atoms with Gasteiger partial charge in [0, 0.05) is 23.5 Å². The van der Waals surface area contributed by atoms with Crippen molar-refractivity contribution in [1.82, 2.24) is 10.7 Å². The molecule has 29 heavy (non-hydrogen) atoms. The van der Waals surface area contributed by atoms with Crippen molar-refractivity contribution in [2.24, 2.45) is 5.10 Å². The van der Waals surface area contributed by atoms with Crippen molar-refractivity contribution in [1.29, 1.82) is 0 Å². The third-order valence-electron chi connectivity index (χ3n) is 4.12. The predicted octanol–water partition coefficient (Wildman–Crippen LogP) is 2.14. The van der Waals surface area contributed by atoms with Gasteiger partial charge in [-0.05, 0) is 55.3 Å². The Labute approximate surface area is 170 Å². The van der Waals surface area contributed by atoms with E-state index in [1.165, 1.54) is 0 Å². The van der Waals surface area contributed by atoms with Gasteiger partial charge in [-0.1, -0.05) is 6.07 Å². The molecule has 2 rings (SSSR count). The van der Waals surface area contributed by atoms with Crippen LogP contribution in [0, 0.1) is 0 Å². The van der Waals surface area contributed by atoms with Gasteiger partial charge in [0.1, 0.15) is 0 Å². The molecule has 0 fully saturated rings. The molecule has 0 unspecified atom stereocenters. The maximum absolute atomic E-state index is 12.1. The number of hydrogen-bond acceptors (Lipinski definition) is 6. The highest BCUT2D eigenvalue weighted by atomic mass is 16.5. The molecule has 2 aromatic carbocycles. The maximum atomic E-state index is 12.1. The molecule has 4 N–H and O–H groups in total. The molecule has 0 radical (unpaired) electrons. The predicted molar refractivity (Wildman–Crippen MR) is 112 cm³/mol. The minimum absolute atomic E-state index is 0.0912. The van der Waals surface area contributed by atoms with E-state index in [0.717, 1.165) is 5.56 Å². The molecule has 0 spiro atoms. The van der Waals surface area contributed by atoms with Gasteiger partial charge in [0.05, 0.1) is 20.6 Å². The van der Waals surface area contributed by atoms with Crippen LogP contribution in [0.5, 0.6) is 11.5 Å². The number of hydrazone groups is 1. The number of nitrogens with one attached hydrogen (secondary N) is 2. The van der Waals surface area contributed by atoms with Crippen LogP contribution in [0.2, 0.25) is 0 Å². The molecule has 8 nitrogen and oxygen atoms in total. The van der Waals surface area contributed by atoms with E-state index in [0.29, 0.717) is 41.4 Å². The summed E-state index contributed by atoms with van der Waals surface area (Å²) in [6.07, 6.45) is 0.740. The largest absolute Gasteiger partial charge is 0.493 e. The summed E-state index contributed by atoms with van der Waals surface area (Å²) in [5, 5.41) is 6.80. The van der Waals surface area contributed by atoms with Gasteiger partial charge < -0.3 is 20.5 Å². The van der Waals surface area contributed by atoms with Gasteiger partial charge in [-0.25, -0.2) is 5.43 Å². The van der Waals surface area contributed by atoms with Crippen molar-refractivity contribution < 1.29 is 19.1 Å². The zero-order chi connectivity index (χ0) is 21.2. The van der Waals surface area contributed by atoms with Crippen molar-refractivity contribution in [3.63, 3.8) is 0 Å². The molecule has 0 bridgehead atoms. The van der Waals surface area contributed by atoms with Gasteiger partial charge in [-0.3, -0.25) is 9.59 Å². The Morgan fingerprint density at radius 1 is 1.03 bits per heavy atom. The number of hydrogen-bond donors (Lipinski definition) is 3. The highest BCUT2D eigenvalue weighted by Gasteiger charge is 2.08. The summed E-state index contributed by atoms with van der Waals surface area (Å²) >= 11 is 0. The first-order chi connectivity index (χ1) is 13.9. The molecule has 8 heteroatoms. The fourth-order valence-corrected chi connectivity index (χ4v) is 2.56. The van der Waals surface area contributed by atoms with Gasteiger partial charge in [0.15, 0.2) is 11.5 Å². The molecular formula is C21H26N4O4. The van der Waals surface area contributed by atoms with Crippen molar-refractivity contribution >= 4 is 23.2 Å². The fraction of sp³-hybridized carbons (Fsp3) is 0.286. The molecule has 154 valence electrons. The van der Waals surface area contributed by atoms with Gasteiger partial charge >= 0.3 is 0 Å². The highest BCUT2D eigenvalue weighted by Crippen LogP contribution is 2.27. The fourth-order valence-electron chi connectivity index (χ4n) is 2.56. The lowest BCUT2D eigenvalue weighted by Gasteiger charge is -2.10.